The predicted octanol–water partition coefficient (Wildman–Crippen LogP) is 2.45. The monoisotopic (exact) mass is 262 g/mol. The van der Waals surface area contributed by atoms with Crippen molar-refractivity contribution >= 4 is 28.2 Å². The van der Waals surface area contributed by atoms with Crippen molar-refractivity contribution in [2.24, 2.45) is 0 Å². The summed E-state index contributed by atoms with van der Waals surface area (Å²) in [5.41, 5.74) is 0. The number of anilines is 1. The third-order valence-corrected chi connectivity index (χ3v) is 3.56. The second kappa shape index (κ2) is 5.08. The van der Waals surface area contributed by atoms with Crippen molar-refractivity contribution in [3.05, 3.63) is 29.4 Å². The van der Waals surface area contributed by atoms with Crippen molar-refractivity contribution in [3.63, 3.8) is 0 Å². The summed E-state index contributed by atoms with van der Waals surface area (Å²) in [6, 6.07) is 8.36. The number of piperidine rings is 1. The van der Waals surface area contributed by atoms with Crippen molar-refractivity contribution in [2.75, 3.05) is 18.4 Å². The highest BCUT2D eigenvalue weighted by Crippen LogP contribution is 2.26. The molecule has 0 amide bonds. The van der Waals surface area contributed by atoms with Crippen LogP contribution in [0.1, 0.15) is 12.8 Å². The summed E-state index contributed by atoms with van der Waals surface area (Å²) >= 11 is 6.06. The Bertz CT molecular complexity index is 552. The zero-order valence-electron chi connectivity index (χ0n) is 9.99. The van der Waals surface area contributed by atoms with E-state index in [0.717, 1.165) is 36.1 Å². The minimum absolute atomic E-state index is 0.414. The largest absolute Gasteiger partial charge is 0.364 e. The minimum Gasteiger partial charge on any atom is -0.364 e. The number of fused-ring (bicyclic) bond motifs is 1. The van der Waals surface area contributed by atoms with E-state index in [1.165, 1.54) is 6.42 Å². The van der Waals surface area contributed by atoms with Gasteiger partial charge in [-0.3, -0.25) is 0 Å². The third-order valence-electron chi connectivity index (χ3n) is 3.28. The number of aromatic nitrogens is 2. The summed E-state index contributed by atoms with van der Waals surface area (Å²) in [5.74, 6) is 0.823. The quantitative estimate of drug-likeness (QED) is 0.873. The summed E-state index contributed by atoms with van der Waals surface area (Å²) in [6.07, 6.45) is 2.35. The number of benzene rings is 1. The fourth-order valence-electron chi connectivity index (χ4n) is 2.35. The first kappa shape index (κ1) is 11.7. The molecule has 4 nitrogen and oxygen atoms in total. The predicted molar refractivity (Wildman–Crippen MR) is 74.1 cm³/mol. The van der Waals surface area contributed by atoms with E-state index in [1.54, 1.807) is 0 Å². The van der Waals surface area contributed by atoms with Gasteiger partial charge in [-0.15, -0.1) is 10.2 Å². The highest BCUT2D eigenvalue weighted by atomic mass is 35.5. The Labute approximate surface area is 111 Å². The summed E-state index contributed by atoms with van der Waals surface area (Å²) in [6.45, 7) is 2.07. The maximum absolute atomic E-state index is 6.06. The Morgan fingerprint density at radius 3 is 2.83 bits per heavy atom. The molecule has 1 unspecified atom stereocenters. The highest BCUT2D eigenvalue weighted by Gasteiger charge is 2.15. The molecule has 2 aromatic rings. The van der Waals surface area contributed by atoms with Crippen LogP contribution in [0.15, 0.2) is 24.3 Å². The molecule has 0 aliphatic carbocycles. The number of hydrogen-bond acceptors (Lipinski definition) is 4. The van der Waals surface area contributed by atoms with E-state index in [-0.39, 0.29) is 0 Å². The lowest BCUT2D eigenvalue weighted by Gasteiger charge is -2.24. The van der Waals surface area contributed by atoms with Gasteiger partial charge in [0.15, 0.2) is 11.0 Å². The van der Waals surface area contributed by atoms with Crippen molar-refractivity contribution < 1.29 is 0 Å². The normalized spacial score (nSPS) is 19.9. The Morgan fingerprint density at radius 1 is 1.22 bits per heavy atom. The van der Waals surface area contributed by atoms with Crippen LogP contribution in [0.5, 0.6) is 0 Å². The van der Waals surface area contributed by atoms with Gasteiger partial charge in [-0.05, 0) is 19.4 Å². The summed E-state index contributed by atoms with van der Waals surface area (Å²) in [4.78, 5) is 0. The zero-order chi connectivity index (χ0) is 12.4. The van der Waals surface area contributed by atoms with Crippen LogP contribution in [-0.2, 0) is 0 Å². The minimum atomic E-state index is 0.414. The maximum atomic E-state index is 6.06. The van der Waals surface area contributed by atoms with E-state index in [0.29, 0.717) is 11.2 Å². The van der Waals surface area contributed by atoms with Crippen molar-refractivity contribution in [1.82, 2.24) is 15.5 Å². The Hall–Kier alpha value is -1.39. The molecule has 5 heteroatoms. The molecule has 0 saturated carbocycles. The fourth-order valence-corrected chi connectivity index (χ4v) is 2.55. The van der Waals surface area contributed by atoms with Crippen LogP contribution >= 0.6 is 11.6 Å². The topological polar surface area (TPSA) is 49.8 Å². The van der Waals surface area contributed by atoms with E-state index in [9.17, 15) is 0 Å². The van der Waals surface area contributed by atoms with E-state index in [1.807, 2.05) is 24.3 Å². The smallest absolute Gasteiger partial charge is 0.159 e. The molecule has 1 fully saturated rings. The highest BCUT2D eigenvalue weighted by molar-refractivity contribution is 6.34. The van der Waals surface area contributed by atoms with Gasteiger partial charge in [-0.25, -0.2) is 0 Å². The lowest BCUT2D eigenvalue weighted by Crippen LogP contribution is -2.38. The Balaban J connectivity index is 1.94. The van der Waals surface area contributed by atoms with Crippen LogP contribution in [0.2, 0.25) is 5.15 Å². The number of halogens is 1. The molecule has 0 bridgehead atoms. The molecule has 94 valence electrons. The number of hydrogen-bond donors (Lipinski definition) is 2. The average Bonchev–Trinajstić information content (AvgIpc) is 2.44. The van der Waals surface area contributed by atoms with E-state index >= 15 is 0 Å². The van der Waals surface area contributed by atoms with Crippen LogP contribution in [0, 0.1) is 0 Å². The van der Waals surface area contributed by atoms with Crippen molar-refractivity contribution in [2.45, 2.75) is 18.9 Å². The second-order valence-corrected chi connectivity index (χ2v) is 4.93. The summed E-state index contributed by atoms with van der Waals surface area (Å²) in [5, 5.41) is 17.5. The van der Waals surface area contributed by atoms with E-state index in [4.69, 9.17) is 11.6 Å². The van der Waals surface area contributed by atoms with Gasteiger partial charge < -0.3 is 10.6 Å². The molecule has 3 rings (SSSR count). The molecule has 1 aliphatic heterocycles. The van der Waals surface area contributed by atoms with Crippen molar-refractivity contribution in [3.8, 4) is 0 Å². The molecule has 1 atom stereocenters. The van der Waals surface area contributed by atoms with Gasteiger partial charge in [-0.2, -0.15) is 0 Å². The molecule has 1 saturated heterocycles. The molecule has 1 aromatic heterocycles. The van der Waals surface area contributed by atoms with Gasteiger partial charge in [0.1, 0.15) is 0 Å². The molecule has 0 spiro atoms. The molecule has 18 heavy (non-hydrogen) atoms. The zero-order valence-corrected chi connectivity index (χ0v) is 10.7. The third kappa shape index (κ3) is 2.26. The van der Waals surface area contributed by atoms with Crippen LogP contribution in [0.4, 0.5) is 5.82 Å². The molecule has 1 aliphatic rings. The van der Waals surface area contributed by atoms with E-state index < -0.39 is 0 Å². The van der Waals surface area contributed by atoms with Crippen molar-refractivity contribution in [1.29, 1.82) is 0 Å². The molecule has 0 radical (unpaired) electrons. The molecule has 2 heterocycles. The lowest BCUT2D eigenvalue weighted by molar-refractivity contribution is 0.479. The van der Waals surface area contributed by atoms with Gasteiger partial charge in [0.2, 0.25) is 0 Å². The average molecular weight is 263 g/mol. The molecule has 2 N–H and O–H groups in total. The standard InChI is InChI=1S/C13H15ClN4/c14-12-10-5-1-2-6-11(10)13(18-17-12)16-9-4-3-7-15-8-9/h1-2,5-6,9,15H,3-4,7-8H2,(H,16,18). The Morgan fingerprint density at radius 2 is 2.06 bits per heavy atom. The first-order valence-electron chi connectivity index (χ1n) is 6.23. The number of nitrogens with zero attached hydrogens (tertiary/aromatic N) is 2. The second-order valence-electron chi connectivity index (χ2n) is 4.57. The summed E-state index contributed by atoms with van der Waals surface area (Å²) < 4.78 is 0. The van der Waals surface area contributed by atoms with Crippen LogP contribution < -0.4 is 10.6 Å². The van der Waals surface area contributed by atoms with E-state index in [2.05, 4.69) is 20.8 Å². The van der Waals surface area contributed by atoms with Crippen LogP contribution in [0.25, 0.3) is 10.8 Å². The number of nitrogens with one attached hydrogen (secondary N) is 2. The lowest BCUT2D eigenvalue weighted by atomic mass is 10.1. The SMILES string of the molecule is Clc1nnc(NC2CCCNC2)c2ccccc12. The van der Waals surface area contributed by atoms with Gasteiger partial charge in [0, 0.05) is 23.4 Å². The van der Waals surface area contributed by atoms with Gasteiger partial charge >= 0.3 is 0 Å². The molecular formula is C13H15ClN4. The van der Waals surface area contributed by atoms with Gasteiger partial charge in [0.05, 0.1) is 0 Å². The Kier molecular flexibility index (Phi) is 3.30. The van der Waals surface area contributed by atoms with Gasteiger partial charge in [0.25, 0.3) is 0 Å². The summed E-state index contributed by atoms with van der Waals surface area (Å²) in [7, 11) is 0. The van der Waals surface area contributed by atoms with Crippen LogP contribution in [-0.4, -0.2) is 29.3 Å². The van der Waals surface area contributed by atoms with Crippen LogP contribution in [0.3, 0.4) is 0 Å². The first-order chi connectivity index (χ1) is 8.84. The number of rotatable bonds is 2. The van der Waals surface area contributed by atoms with Gasteiger partial charge in [-0.1, -0.05) is 35.9 Å². The molecular weight excluding hydrogens is 248 g/mol. The first-order valence-corrected chi connectivity index (χ1v) is 6.60. The fraction of sp³-hybridized carbons (Fsp3) is 0.385. The molecule has 1 aromatic carbocycles. The maximum Gasteiger partial charge on any atom is 0.159 e.